The number of nitrogens with zero attached hydrogens (tertiary/aromatic N) is 2. The standard InChI is InChI=1S/C16H26N4O/c1-18-15(21)12-6-7-14(13(17)10-12)20(4)11-16(19(2)3)8-5-9-16/h6-7,10H,5,8-9,11,17H2,1-4H3,(H,18,21). The lowest BCUT2D eigenvalue weighted by molar-refractivity contribution is 0.0683. The van der Waals surface area contributed by atoms with Gasteiger partial charge in [0.2, 0.25) is 0 Å². The zero-order valence-corrected chi connectivity index (χ0v) is 13.4. The van der Waals surface area contributed by atoms with Gasteiger partial charge in [0.05, 0.1) is 11.4 Å². The number of nitrogen functional groups attached to an aromatic ring is 1. The number of carbonyl (C=O) groups excluding carboxylic acids is 1. The molecule has 1 aromatic rings. The van der Waals surface area contributed by atoms with Crippen LogP contribution in [0.15, 0.2) is 18.2 Å². The van der Waals surface area contributed by atoms with E-state index in [4.69, 9.17) is 5.73 Å². The maximum absolute atomic E-state index is 11.6. The lowest BCUT2D eigenvalue weighted by Crippen LogP contribution is -2.56. The fourth-order valence-electron chi connectivity index (χ4n) is 3.05. The highest BCUT2D eigenvalue weighted by Crippen LogP contribution is 2.38. The third kappa shape index (κ3) is 2.97. The lowest BCUT2D eigenvalue weighted by atomic mass is 9.75. The summed E-state index contributed by atoms with van der Waals surface area (Å²) in [6.45, 7) is 0.948. The summed E-state index contributed by atoms with van der Waals surface area (Å²) in [6.07, 6.45) is 3.73. The van der Waals surface area contributed by atoms with Crippen LogP contribution in [0.5, 0.6) is 0 Å². The van der Waals surface area contributed by atoms with E-state index in [1.54, 1.807) is 13.1 Å². The smallest absolute Gasteiger partial charge is 0.251 e. The summed E-state index contributed by atoms with van der Waals surface area (Å²) in [6, 6.07) is 5.50. The van der Waals surface area contributed by atoms with Crippen LogP contribution in [0.1, 0.15) is 29.6 Å². The van der Waals surface area contributed by atoms with Crippen molar-refractivity contribution >= 4 is 17.3 Å². The first-order valence-corrected chi connectivity index (χ1v) is 7.40. The molecule has 0 spiro atoms. The molecule has 0 saturated heterocycles. The minimum absolute atomic E-state index is 0.111. The third-order valence-corrected chi connectivity index (χ3v) is 4.69. The van der Waals surface area contributed by atoms with Gasteiger partial charge in [0, 0.05) is 31.7 Å². The Hall–Kier alpha value is -1.75. The molecule has 1 amide bonds. The van der Waals surface area contributed by atoms with Crippen LogP contribution in [0.3, 0.4) is 0 Å². The molecule has 0 bridgehead atoms. The number of hydrogen-bond acceptors (Lipinski definition) is 4. The number of amides is 1. The number of benzene rings is 1. The molecular formula is C16H26N4O. The Labute approximate surface area is 127 Å². The Balaban J connectivity index is 2.16. The van der Waals surface area contributed by atoms with Crippen LogP contribution >= 0.6 is 0 Å². The van der Waals surface area contributed by atoms with Crippen molar-refractivity contribution in [3.63, 3.8) is 0 Å². The first kappa shape index (κ1) is 15.6. The summed E-state index contributed by atoms with van der Waals surface area (Å²) in [5.74, 6) is -0.111. The molecule has 2 rings (SSSR count). The van der Waals surface area contributed by atoms with Gasteiger partial charge in [-0.1, -0.05) is 0 Å². The summed E-state index contributed by atoms with van der Waals surface area (Å²) in [4.78, 5) is 16.2. The van der Waals surface area contributed by atoms with Crippen LogP contribution in [0.2, 0.25) is 0 Å². The van der Waals surface area contributed by atoms with Crippen molar-refractivity contribution in [3.8, 4) is 0 Å². The number of carbonyl (C=O) groups is 1. The van der Waals surface area contributed by atoms with Crippen LogP contribution in [0, 0.1) is 0 Å². The Kier molecular flexibility index (Phi) is 4.42. The predicted octanol–water partition coefficient (Wildman–Crippen LogP) is 1.55. The van der Waals surface area contributed by atoms with Crippen molar-refractivity contribution in [2.24, 2.45) is 0 Å². The quantitative estimate of drug-likeness (QED) is 0.808. The van der Waals surface area contributed by atoms with Crippen LogP contribution in [0.4, 0.5) is 11.4 Å². The Morgan fingerprint density at radius 2 is 2.00 bits per heavy atom. The first-order chi connectivity index (χ1) is 9.89. The molecular weight excluding hydrogens is 264 g/mol. The highest BCUT2D eigenvalue weighted by molar-refractivity contribution is 5.96. The second-order valence-electron chi connectivity index (χ2n) is 6.18. The maximum atomic E-state index is 11.6. The van der Waals surface area contributed by atoms with E-state index >= 15 is 0 Å². The summed E-state index contributed by atoms with van der Waals surface area (Å²) < 4.78 is 0. The van der Waals surface area contributed by atoms with E-state index in [2.05, 4.69) is 36.3 Å². The third-order valence-electron chi connectivity index (χ3n) is 4.69. The highest BCUT2D eigenvalue weighted by atomic mass is 16.1. The predicted molar refractivity (Wildman–Crippen MR) is 87.8 cm³/mol. The van der Waals surface area contributed by atoms with Crippen LogP contribution in [-0.2, 0) is 0 Å². The van der Waals surface area contributed by atoms with Crippen LogP contribution in [-0.4, -0.2) is 51.1 Å². The molecule has 5 heteroatoms. The average molecular weight is 290 g/mol. The van der Waals surface area contributed by atoms with E-state index in [-0.39, 0.29) is 11.4 Å². The van der Waals surface area contributed by atoms with Gasteiger partial charge in [0.1, 0.15) is 0 Å². The van der Waals surface area contributed by atoms with Gasteiger partial charge >= 0.3 is 0 Å². The van der Waals surface area contributed by atoms with Gasteiger partial charge < -0.3 is 20.9 Å². The molecule has 3 N–H and O–H groups in total. The molecule has 1 aromatic carbocycles. The molecule has 0 aromatic heterocycles. The largest absolute Gasteiger partial charge is 0.397 e. The SMILES string of the molecule is CNC(=O)c1ccc(N(C)CC2(N(C)C)CCC2)c(N)c1. The zero-order chi connectivity index (χ0) is 15.6. The lowest BCUT2D eigenvalue weighted by Gasteiger charge is -2.49. The van der Waals surface area contributed by atoms with Gasteiger partial charge in [0.25, 0.3) is 5.91 Å². The molecule has 21 heavy (non-hydrogen) atoms. The second-order valence-corrected chi connectivity index (χ2v) is 6.18. The maximum Gasteiger partial charge on any atom is 0.251 e. The molecule has 1 aliphatic carbocycles. The van der Waals surface area contributed by atoms with Crippen molar-refractivity contribution < 1.29 is 4.79 Å². The van der Waals surface area contributed by atoms with Gasteiger partial charge in [-0.25, -0.2) is 0 Å². The van der Waals surface area contributed by atoms with Gasteiger partial charge in [-0.3, -0.25) is 4.79 Å². The first-order valence-electron chi connectivity index (χ1n) is 7.40. The average Bonchev–Trinajstić information content (AvgIpc) is 2.41. The Bertz CT molecular complexity index is 523. The molecule has 0 heterocycles. The van der Waals surface area contributed by atoms with Crippen molar-refractivity contribution in [1.82, 2.24) is 10.2 Å². The van der Waals surface area contributed by atoms with Gasteiger partial charge in [0.15, 0.2) is 0 Å². The molecule has 0 aliphatic heterocycles. The fraction of sp³-hybridized carbons (Fsp3) is 0.562. The molecule has 1 aliphatic rings. The van der Waals surface area contributed by atoms with Gasteiger partial charge in [-0.15, -0.1) is 0 Å². The summed E-state index contributed by atoms with van der Waals surface area (Å²) in [5.41, 5.74) is 8.61. The summed E-state index contributed by atoms with van der Waals surface area (Å²) in [7, 11) is 7.97. The Morgan fingerprint density at radius 1 is 1.33 bits per heavy atom. The number of anilines is 2. The topological polar surface area (TPSA) is 61.6 Å². The molecule has 1 saturated carbocycles. The molecule has 0 radical (unpaired) electrons. The molecule has 116 valence electrons. The highest BCUT2D eigenvalue weighted by Gasteiger charge is 2.40. The van der Waals surface area contributed by atoms with Crippen molar-refractivity contribution in [1.29, 1.82) is 0 Å². The van der Waals surface area contributed by atoms with Crippen molar-refractivity contribution in [2.75, 3.05) is 45.4 Å². The summed E-state index contributed by atoms with van der Waals surface area (Å²) >= 11 is 0. The monoisotopic (exact) mass is 290 g/mol. The van der Waals surface area contributed by atoms with Gasteiger partial charge in [-0.05, 0) is 51.6 Å². The summed E-state index contributed by atoms with van der Waals surface area (Å²) in [5, 5.41) is 2.61. The Morgan fingerprint density at radius 3 is 2.43 bits per heavy atom. The van der Waals surface area contributed by atoms with Crippen LogP contribution in [0.25, 0.3) is 0 Å². The van der Waals surface area contributed by atoms with E-state index in [9.17, 15) is 4.79 Å². The normalized spacial score (nSPS) is 16.4. The van der Waals surface area contributed by atoms with Crippen molar-refractivity contribution in [3.05, 3.63) is 23.8 Å². The number of nitrogens with two attached hydrogens (primary N) is 1. The van der Waals surface area contributed by atoms with Gasteiger partial charge in [-0.2, -0.15) is 0 Å². The molecule has 1 fully saturated rings. The zero-order valence-electron chi connectivity index (χ0n) is 13.4. The van der Waals surface area contributed by atoms with Crippen LogP contribution < -0.4 is 16.0 Å². The molecule has 5 nitrogen and oxygen atoms in total. The van der Waals surface area contributed by atoms with Crippen molar-refractivity contribution in [2.45, 2.75) is 24.8 Å². The number of likely N-dealkylation sites (N-methyl/N-ethyl adjacent to an activating group) is 2. The number of nitrogens with one attached hydrogen (secondary N) is 1. The van der Waals surface area contributed by atoms with E-state index in [1.165, 1.54) is 19.3 Å². The number of hydrogen-bond donors (Lipinski definition) is 2. The minimum atomic E-state index is -0.111. The second kappa shape index (κ2) is 5.93. The van der Waals surface area contributed by atoms with E-state index in [0.717, 1.165) is 12.2 Å². The molecule has 0 atom stereocenters. The van der Waals surface area contributed by atoms with E-state index in [1.807, 2.05) is 12.1 Å². The fourth-order valence-corrected chi connectivity index (χ4v) is 3.05. The van der Waals surface area contributed by atoms with E-state index < -0.39 is 0 Å². The minimum Gasteiger partial charge on any atom is -0.397 e. The molecule has 0 unspecified atom stereocenters. The van der Waals surface area contributed by atoms with E-state index in [0.29, 0.717) is 11.3 Å². The number of rotatable bonds is 5.